The van der Waals surface area contributed by atoms with Gasteiger partial charge in [0.25, 0.3) is 8.32 Å². The van der Waals surface area contributed by atoms with E-state index in [1.54, 1.807) is 0 Å². The molecule has 3 aliphatic carbocycles. The van der Waals surface area contributed by atoms with Crippen LogP contribution in [0.15, 0.2) is 60.7 Å². The molecule has 0 radical (unpaired) electrons. The molecule has 0 spiro atoms. The maximum Gasteiger partial charge on any atom is 0.261 e. The second-order valence-electron chi connectivity index (χ2n) is 23.2. The third-order valence-electron chi connectivity index (χ3n) is 17.0. The Morgan fingerprint density at radius 2 is 1.13 bits per heavy atom. The third kappa shape index (κ3) is 8.39. The van der Waals surface area contributed by atoms with Crippen LogP contribution in [0.3, 0.4) is 0 Å². The van der Waals surface area contributed by atoms with Gasteiger partial charge in [-0.2, -0.15) is 0 Å². The van der Waals surface area contributed by atoms with Crippen molar-refractivity contribution >= 4 is 35.3 Å². The van der Waals surface area contributed by atoms with Crippen molar-refractivity contribution in [2.45, 2.75) is 181 Å². The van der Waals surface area contributed by atoms with Crippen molar-refractivity contribution in [3.63, 3.8) is 0 Å². The highest BCUT2D eigenvalue weighted by atomic mass is 28.4. The predicted molar refractivity (Wildman–Crippen MR) is 242 cm³/mol. The summed E-state index contributed by atoms with van der Waals surface area (Å²) in [6, 6.07) is 22.4. The molecule has 3 saturated carbocycles. The van der Waals surface area contributed by atoms with Crippen LogP contribution in [-0.2, 0) is 13.3 Å². The predicted octanol–water partition coefficient (Wildman–Crippen LogP) is 12.0. The summed E-state index contributed by atoms with van der Waals surface area (Å²) < 4.78 is 22.4. The minimum absolute atomic E-state index is 0.0743. The zero-order valence-corrected chi connectivity index (χ0v) is 41.2. The van der Waals surface area contributed by atoms with Crippen LogP contribution in [-0.4, -0.2) is 55.0 Å². The van der Waals surface area contributed by atoms with Crippen LogP contribution < -0.4 is 10.4 Å². The van der Waals surface area contributed by atoms with Gasteiger partial charge in [-0.15, -0.1) is 0 Å². The lowest BCUT2D eigenvalue weighted by Gasteiger charge is -2.59. The Balaban J connectivity index is 1.59. The average Bonchev–Trinajstić information content (AvgIpc) is 3.32. The number of fused-ring (bicyclic) bond motifs is 1. The summed E-state index contributed by atoms with van der Waals surface area (Å²) in [6.07, 6.45) is 7.72. The molecule has 8 atom stereocenters. The Labute approximate surface area is 341 Å². The van der Waals surface area contributed by atoms with E-state index in [2.05, 4.69) is 170 Å². The summed E-state index contributed by atoms with van der Waals surface area (Å²) >= 11 is 0. The second-order valence-corrected chi connectivity index (χ2v) is 37.0. The summed E-state index contributed by atoms with van der Waals surface area (Å²) in [5.74, 6) is 1.61. The summed E-state index contributed by atoms with van der Waals surface area (Å²) in [6.45, 7) is 39.9. The first kappa shape index (κ1) is 45.0. The molecule has 0 amide bonds. The summed E-state index contributed by atoms with van der Waals surface area (Å²) in [7, 11) is -6.71. The number of aliphatic hydroxyl groups is 1. The van der Waals surface area contributed by atoms with Gasteiger partial charge in [-0.3, -0.25) is 0 Å². The maximum atomic E-state index is 12.1. The molecule has 5 rings (SSSR count). The Morgan fingerprint density at radius 3 is 1.62 bits per heavy atom. The smallest absolute Gasteiger partial charge is 0.261 e. The topological polar surface area (TPSA) is 47.9 Å². The van der Waals surface area contributed by atoms with E-state index in [9.17, 15) is 5.11 Å². The van der Waals surface area contributed by atoms with E-state index in [0.717, 1.165) is 58.2 Å². The summed E-state index contributed by atoms with van der Waals surface area (Å²) in [4.78, 5) is 0. The molecule has 7 heteroatoms. The van der Waals surface area contributed by atoms with Crippen LogP contribution in [0, 0.1) is 34.5 Å². The largest absolute Gasteiger partial charge is 0.417 e. The van der Waals surface area contributed by atoms with Gasteiger partial charge in [0, 0.05) is 19.3 Å². The Bertz CT molecular complexity index is 1530. The molecule has 0 bridgehead atoms. The van der Waals surface area contributed by atoms with E-state index >= 15 is 0 Å². The molecular formula is C48H82O4Si3. The molecule has 2 aromatic carbocycles. The second kappa shape index (κ2) is 15.5. The van der Waals surface area contributed by atoms with Crippen molar-refractivity contribution in [3.8, 4) is 0 Å². The fourth-order valence-corrected chi connectivity index (χ4v) is 18.0. The molecule has 1 N–H and O–H groups in total. The van der Waals surface area contributed by atoms with Crippen LogP contribution in [0.2, 0.25) is 41.3 Å². The highest BCUT2D eigenvalue weighted by Gasteiger charge is 2.63. The monoisotopic (exact) mass is 807 g/mol. The van der Waals surface area contributed by atoms with E-state index in [0.29, 0.717) is 23.7 Å². The standard InChI is InChI=1S/C48H82O4Si3/c1-43(2,3)53(13,14)50-34-36-33-37(52-54(15,16)44(4,5)6)27-30-46(36,10)41-28-31-47(11)42(29-32-48(47,12)49)40(41)35-51-55(45(7,8)9,38-23-19-17-20-24-38)39-25-21-18-22-26-39/h17-26,36-37,40-42,49H,27-35H2,1-16H3/t36-,37+,40-,41+,42+,46-,47+,48+/m1/s1. The zero-order chi connectivity index (χ0) is 41.1. The van der Waals surface area contributed by atoms with Gasteiger partial charge in [0.1, 0.15) is 0 Å². The fourth-order valence-electron chi connectivity index (χ4n) is 10.9. The molecule has 4 nitrogen and oxygen atoms in total. The van der Waals surface area contributed by atoms with Crippen molar-refractivity contribution < 1.29 is 18.4 Å². The Hall–Kier alpha value is -1.07. The van der Waals surface area contributed by atoms with Gasteiger partial charge in [-0.1, -0.05) is 137 Å². The lowest BCUT2D eigenvalue weighted by molar-refractivity contribution is -0.142. The molecule has 55 heavy (non-hydrogen) atoms. The number of hydrogen-bond donors (Lipinski definition) is 1. The zero-order valence-electron chi connectivity index (χ0n) is 38.2. The first-order valence-corrected chi connectivity index (χ1v) is 29.6. The number of hydrogen-bond acceptors (Lipinski definition) is 4. The molecule has 0 unspecified atom stereocenters. The molecule has 2 aromatic rings. The maximum absolute atomic E-state index is 12.1. The molecule has 0 aliphatic heterocycles. The average molecular weight is 807 g/mol. The van der Waals surface area contributed by atoms with Gasteiger partial charge in [-0.05, 0) is 138 Å². The molecule has 0 heterocycles. The van der Waals surface area contributed by atoms with Crippen LogP contribution in [0.25, 0.3) is 0 Å². The lowest BCUT2D eigenvalue weighted by Crippen LogP contribution is -2.67. The van der Waals surface area contributed by atoms with E-state index in [1.165, 1.54) is 10.4 Å². The number of rotatable bonds is 11. The van der Waals surface area contributed by atoms with E-state index in [1.807, 2.05) is 0 Å². The summed E-state index contributed by atoms with van der Waals surface area (Å²) in [5.41, 5.74) is -0.723. The molecule has 3 fully saturated rings. The van der Waals surface area contributed by atoms with Gasteiger partial charge < -0.3 is 18.4 Å². The minimum atomic E-state index is -2.77. The Morgan fingerprint density at radius 1 is 0.618 bits per heavy atom. The lowest BCUT2D eigenvalue weighted by atomic mass is 9.48. The van der Waals surface area contributed by atoms with Crippen molar-refractivity contribution in [1.29, 1.82) is 0 Å². The highest BCUT2D eigenvalue weighted by molar-refractivity contribution is 6.99. The molecule has 0 aromatic heterocycles. The van der Waals surface area contributed by atoms with E-state index < -0.39 is 30.6 Å². The van der Waals surface area contributed by atoms with Gasteiger partial charge in [0.2, 0.25) is 0 Å². The van der Waals surface area contributed by atoms with Crippen molar-refractivity contribution in [2.24, 2.45) is 34.5 Å². The van der Waals surface area contributed by atoms with E-state index in [-0.39, 0.29) is 32.0 Å². The van der Waals surface area contributed by atoms with Gasteiger partial charge in [0.15, 0.2) is 16.6 Å². The highest BCUT2D eigenvalue weighted by Crippen LogP contribution is 2.65. The SMILES string of the molecule is CC(C)(C)[Si](C)(C)OC[C@H]1C[C@@H](O[Si](C)(C)C(C)(C)C)CC[C@@]1(C)[C@H]1CC[C@@]2(C)[C@@H](CC[C@]2(C)O)[C@@H]1CO[Si](c1ccccc1)(c1ccccc1)C(C)(C)C. The molecule has 310 valence electrons. The Kier molecular flexibility index (Phi) is 12.7. The normalized spacial score (nSPS) is 32.7. The van der Waals surface area contributed by atoms with Crippen molar-refractivity contribution in [3.05, 3.63) is 60.7 Å². The number of benzene rings is 2. The van der Waals surface area contributed by atoms with Crippen LogP contribution >= 0.6 is 0 Å². The van der Waals surface area contributed by atoms with Gasteiger partial charge in [0.05, 0.1) is 5.60 Å². The molecule has 0 saturated heterocycles. The van der Waals surface area contributed by atoms with Crippen LogP contribution in [0.5, 0.6) is 0 Å². The third-order valence-corrected chi connectivity index (χ3v) is 31.0. The van der Waals surface area contributed by atoms with Gasteiger partial charge in [-0.25, -0.2) is 0 Å². The van der Waals surface area contributed by atoms with E-state index in [4.69, 9.17) is 13.3 Å². The quantitative estimate of drug-likeness (QED) is 0.230. The molecule has 3 aliphatic rings. The van der Waals surface area contributed by atoms with Crippen LogP contribution in [0.1, 0.15) is 128 Å². The van der Waals surface area contributed by atoms with Crippen LogP contribution in [0.4, 0.5) is 0 Å². The van der Waals surface area contributed by atoms with Crippen molar-refractivity contribution in [2.75, 3.05) is 13.2 Å². The first-order valence-electron chi connectivity index (χ1n) is 21.9. The molecular weight excluding hydrogens is 725 g/mol. The fraction of sp³-hybridized carbons (Fsp3) is 0.750. The first-order chi connectivity index (χ1) is 25.1. The van der Waals surface area contributed by atoms with Gasteiger partial charge >= 0.3 is 0 Å². The van der Waals surface area contributed by atoms with Crippen molar-refractivity contribution in [1.82, 2.24) is 0 Å². The summed E-state index contributed by atoms with van der Waals surface area (Å²) in [5, 5.41) is 15.0. The minimum Gasteiger partial charge on any atom is -0.417 e.